The molecule has 0 aliphatic carbocycles. The third-order valence-electron chi connectivity index (χ3n) is 2.73. The lowest BCUT2D eigenvalue weighted by molar-refractivity contribution is 0.102. The number of amides is 1. The van der Waals surface area contributed by atoms with Gasteiger partial charge in [-0.3, -0.25) is 9.59 Å². The molecule has 1 N–H and O–H groups in total. The fourth-order valence-corrected chi connectivity index (χ4v) is 2.76. The summed E-state index contributed by atoms with van der Waals surface area (Å²) in [7, 11) is 0. The molecule has 4 heteroatoms. The Morgan fingerprint density at radius 1 is 0.833 bits per heavy atom. The Bertz CT molecular complexity index is 594. The van der Waals surface area contributed by atoms with E-state index >= 15 is 0 Å². The van der Waals surface area contributed by atoms with Gasteiger partial charge in [0.15, 0.2) is 0 Å². The second-order valence-corrected chi connectivity index (χ2v) is 4.90. The number of rotatable bonds is 0. The number of para-hydroxylation sites is 1. The lowest BCUT2D eigenvalue weighted by Crippen LogP contribution is -2.17. The molecule has 0 saturated heterocycles. The average molecular weight is 255 g/mol. The molecular formula is C14H9NO2S. The van der Waals surface area contributed by atoms with Crippen LogP contribution in [0.25, 0.3) is 0 Å². The molecule has 0 bridgehead atoms. The summed E-state index contributed by atoms with van der Waals surface area (Å²) in [6.45, 7) is 0. The van der Waals surface area contributed by atoms with Gasteiger partial charge >= 0.3 is 0 Å². The average Bonchev–Trinajstić information content (AvgIpc) is 2.38. The van der Waals surface area contributed by atoms with Gasteiger partial charge in [-0.05, 0) is 36.0 Å². The van der Waals surface area contributed by atoms with E-state index in [9.17, 15) is 9.59 Å². The van der Waals surface area contributed by atoms with Crippen LogP contribution in [0, 0.1) is 0 Å². The van der Waals surface area contributed by atoms with E-state index in [1.807, 2.05) is 6.07 Å². The predicted molar refractivity (Wildman–Crippen MR) is 71.0 cm³/mol. The van der Waals surface area contributed by atoms with Gasteiger partial charge in [0.05, 0.1) is 16.8 Å². The first kappa shape index (κ1) is 11.0. The highest BCUT2D eigenvalue weighted by molar-refractivity contribution is 8.14. The number of hydrogen-bond acceptors (Lipinski definition) is 3. The Morgan fingerprint density at radius 3 is 2.33 bits per heavy atom. The quantitative estimate of drug-likeness (QED) is 0.786. The Balaban J connectivity index is 2.15. The van der Waals surface area contributed by atoms with E-state index < -0.39 is 0 Å². The van der Waals surface area contributed by atoms with Crippen molar-refractivity contribution in [2.24, 2.45) is 0 Å². The molecule has 1 amide bonds. The molecule has 0 aromatic heterocycles. The van der Waals surface area contributed by atoms with Gasteiger partial charge in [-0.2, -0.15) is 0 Å². The van der Waals surface area contributed by atoms with E-state index in [1.54, 1.807) is 42.5 Å². The van der Waals surface area contributed by atoms with E-state index in [0.717, 1.165) is 11.8 Å². The standard InChI is InChI=1S/C14H9NO2S/c16-13-10-6-2-4-8-12(10)18-14(17)9-5-1-3-7-11(9)15-13/h1-8H,(H,15,16). The van der Waals surface area contributed by atoms with Crippen LogP contribution in [0.5, 0.6) is 0 Å². The van der Waals surface area contributed by atoms with Gasteiger partial charge in [-0.1, -0.05) is 24.3 Å². The van der Waals surface area contributed by atoms with Gasteiger partial charge in [-0.15, -0.1) is 0 Å². The molecule has 2 aromatic rings. The van der Waals surface area contributed by atoms with Gasteiger partial charge in [0.2, 0.25) is 5.12 Å². The van der Waals surface area contributed by atoms with Crippen LogP contribution in [-0.4, -0.2) is 11.0 Å². The minimum absolute atomic E-state index is 0.0574. The van der Waals surface area contributed by atoms with Crippen molar-refractivity contribution in [3.63, 3.8) is 0 Å². The lowest BCUT2D eigenvalue weighted by atomic mass is 10.1. The number of carbonyl (C=O) groups is 2. The summed E-state index contributed by atoms with van der Waals surface area (Å²) in [5.74, 6) is -0.182. The highest BCUT2D eigenvalue weighted by Gasteiger charge is 2.21. The molecule has 2 aromatic carbocycles. The van der Waals surface area contributed by atoms with Gasteiger partial charge in [0.25, 0.3) is 5.91 Å². The molecule has 1 heterocycles. The monoisotopic (exact) mass is 255 g/mol. The van der Waals surface area contributed by atoms with Gasteiger partial charge in [0.1, 0.15) is 0 Å². The minimum atomic E-state index is -0.182. The van der Waals surface area contributed by atoms with Gasteiger partial charge < -0.3 is 5.32 Å². The second-order valence-electron chi connectivity index (χ2n) is 3.89. The number of thioether (sulfide) groups is 1. The predicted octanol–water partition coefficient (Wildman–Crippen LogP) is 3.18. The summed E-state index contributed by atoms with van der Waals surface area (Å²) in [5.41, 5.74) is 1.63. The number of benzene rings is 2. The van der Waals surface area contributed by atoms with E-state index in [2.05, 4.69) is 5.32 Å². The van der Waals surface area contributed by atoms with E-state index in [1.165, 1.54) is 0 Å². The molecule has 0 fully saturated rings. The molecule has 3 nitrogen and oxygen atoms in total. The smallest absolute Gasteiger partial charge is 0.256 e. The summed E-state index contributed by atoms with van der Waals surface area (Å²) >= 11 is 1.09. The highest BCUT2D eigenvalue weighted by Crippen LogP contribution is 2.32. The van der Waals surface area contributed by atoms with Crippen molar-refractivity contribution in [1.82, 2.24) is 0 Å². The number of anilines is 1. The first-order valence-electron chi connectivity index (χ1n) is 5.47. The Labute approximate surface area is 108 Å². The van der Waals surface area contributed by atoms with Gasteiger partial charge in [-0.25, -0.2) is 0 Å². The topological polar surface area (TPSA) is 46.2 Å². The first-order chi connectivity index (χ1) is 8.75. The largest absolute Gasteiger partial charge is 0.321 e. The molecule has 3 rings (SSSR count). The second kappa shape index (κ2) is 4.31. The summed E-state index contributed by atoms with van der Waals surface area (Å²) in [4.78, 5) is 24.9. The maximum Gasteiger partial charge on any atom is 0.256 e. The molecule has 0 radical (unpaired) electrons. The molecule has 18 heavy (non-hydrogen) atoms. The maximum atomic E-state index is 12.1. The van der Waals surface area contributed by atoms with Crippen LogP contribution < -0.4 is 5.32 Å². The Kier molecular flexibility index (Phi) is 2.64. The zero-order chi connectivity index (χ0) is 12.5. The molecule has 0 unspecified atom stereocenters. The summed E-state index contributed by atoms with van der Waals surface area (Å²) in [6.07, 6.45) is 0. The van der Waals surface area contributed by atoms with Crippen molar-refractivity contribution < 1.29 is 9.59 Å². The third-order valence-corrected chi connectivity index (χ3v) is 3.71. The molecule has 0 saturated carbocycles. The highest BCUT2D eigenvalue weighted by atomic mass is 32.2. The van der Waals surface area contributed by atoms with Crippen LogP contribution in [-0.2, 0) is 0 Å². The zero-order valence-corrected chi connectivity index (χ0v) is 10.2. The van der Waals surface area contributed by atoms with Crippen LogP contribution in [0.4, 0.5) is 5.69 Å². The molecular weight excluding hydrogens is 246 g/mol. The molecule has 1 aliphatic rings. The Morgan fingerprint density at radius 2 is 1.50 bits per heavy atom. The van der Waals surface area contributed by atoms with Crippen molar-refractivity contribution in [2.45, 2.75) is 4.90 Å². The lowest BCUT2D eigenvalue weighted by Gasteiger charge is -2.15. The summed E-state index contributed by atoms with van der Waals surface area (Å²) in [5, 5.41) is 2.72. The van der Waals surface area contributed by atoms with Crippen molar-refractivity contribution in [3.8, 4) is 0 Å². The normalized spacial score (nSPS) is 14.0. The van der Waals surface area contributed by atoms with Gasteiger partial charge in [0, 0.05) is 4.90 Å². The number of nitrogens with one attached hydrogen (secondary N) is 1. The fourth-order valence-electron chi connectivity index (χ4n) is 1.86. The van der Waals surface area contributed by atoms with Crippen molar-refractivity contribution >= 4 is 28.5 Å². The van der Waals surface area contributed by atoms with Crippen LogP contribution in [0.1, 0.15) is 20.7 Å². The van der Waals surface area contributed by atoms with E-state index in [4.69, 9.17) is 0 Å². The molecule has 0 atom stereocenters. The SMILES string of the molecule is O=C1Sc2ccccc2C(=O)Nc2ccccc21. The first-order valence-corrected chi connectivity index (χ1v) is 6.29. The van der Waals surface area contributed by atoms with Crippen LogP contribution in [0.2, 0.25) is 0 Å². The number of fused-ring (bicyclic) bond motifs is 2. The van der Waals surface area contributed by atoms with Crippen LogP contribution >= 0.6 is 11.8 Å². The minimum Gasteiger partial charge on any atom is -0.321 e. The van der Waals surface area contributed by atoms with E-state index in [0.29, 0.717) is 21.7 Å². The van der Waals surface area contributed by atoms with E-state index in [-0.39, 0.29) is 11.0 Å². The maximum absolute atomic E-state index is 12.1. The zero-order valence-electron chi connectivity index (χ0n) is 9.34. The summed E-state index contributed by atoms with van der Waals surface area (Å²) < 4.78 is 0. The van der Waals surface area contributed by atoms with Crippen molar-refractivity contribution in [2.75, 3.05) is 5.32 Å². The van der Waals surface area contributed by atoms with Crippen LogP contribution in [0.15, 0.2) is 53.4 Å². The van der Waals surface area contributed by atoms with Crippen LogP contribution in [0.3, 0.4) is 0 Å². The number of hydrogen-bond donors (Lipinski definition) is 1. The van der Waals surface area contributed by atoms with Crippen molar-refractivity contribution in [1.29, 1.82) is 0 Å². The molecule has 1 aliphatic heterocycles. The molecule has 88 valence electrons. The van der Waals surface area contributed by atoms with Crippen molar-refractivity contribution in [3.05, 3.63) is 59.7 Å². The Hall–Kier alpha value is -2.07. The fraction of sp³-hybridized carbons (Fsp3) is 0. The third kappa shape index (κ3) is 1.80. The summed E-state index contributed by atoms with van der Waals surface area (Å²) in [6, 6.07) is 14.2. The number of carbonyl (C=O) groups excluding carboxylic acids is 2. The molecule has 0 spiro atoms.